The maximum atomic E-state index is 6.65. The predicted molar refractivity (Wildman–Crippen MR) is 95.9 cm³/mol. The molecule has 1 atom stereocenters. The number of hydrogen-bond donors (Lipinski definition) is 0. The smallest absolute Gasteiger partial charge is 0.200 e. The van der Waals surface area contributed by atoms with Gasteiger partial charge in [-0.2, -0.15) is 0 Å². The molecule has 0 saturated heterocycles. The second-order valence-electron chi connectivity index (χ2n) is 7.48. The Morgan fingerprint density at radius 2 is 1.76 bits per heavy atom. The van der Waals surface area contributed by atoms with E-state index in [0.717, 1.165) is 25.4 Å². The Morgan fingerprint density at radius 1 is 1.19 bits per heavy atom. The predicted octanol–water partition coefficient (Wildman–Crippen LogP) is 5.93. The molecule has 0 aliphatic heterocycles. The molecule has 21 heavy (non-hydrogen) atoms. The van der Waals surface area contributed by atoms with Crippen LogP contribution in [0.15, 0.2) is 11.6 Å². The molecule has 0 radical (unpaired) electrons. The van der Waals surface area contributed by atoms with Gasteiger partial charge in [-0.3, -0.25) is 0 Å². The zero-order chi connectivity index (χ0) is 16.0. The zero-order valence-electron chi connectivity index (χ0n) is 14.9. The van der Waals surface area contributed by atoms with Gasteiger partial charge in [0.15, 0.2) is 8.32 Å². The fraction of sp³-hybridized carbons (Fsp3) is 0.789. The lowest BCUT2D eigenvalue weighted by molar-refractivity contribution is 0.241. The van der Waals surface area contributed by atoms with Crippen LogP contribution in [0.4, 0.5) is 0 Å². The van der Waals surface area contributed by atoms with Gasteiger partial charge in [-0.25, -0.2) is 0 Å². The summed E-state index contributed by atoms with van der Waals surface area (Å²) in [6, 6.07) is 0. The summed E-state index contributed by atoms with van der Waals surface area (Å²) in [4.78, 5) is 0. The Bertz CT molecular complexity index is 365. The molecule has 0 saturated carbocycles. The standard InChI is InChI=1S/C19H34OSi/c1-8-18-10-9-11-19(14-18)12-13-20-21(15(2)3,16(4)5)17(6)7/h1,10,15-17,19H,9,11-14H2,2-7H3/t19-/m1/s1. The Hall–Kier alpha value is -0.523. The highest BCUT2D eigenvalue weighted by atomic mass is 28.4. The number of hydrogen-bond acceptors (Lipinski definition) is 1. The molecular formula is C19H34OSi. The van der Waals surface area contributed by atoms with Crippen LogP contribution in [0.2, 0.25) is 16.6 Å². The molecule has 0 fully saturated rings. The molecular weight excluding hydrogens is 272 g/mol. The van der Waals surface area contributed by atoms with Crippen LogP contribution >= 0.6 is 0 Å². The molecule has 0 amide bonds. The fourth-order valence-electron chi connectivity index (χ4n) is 4.26. The molecule has 0 aromatic rings. The minimum Gasteiger partial charge on any atom is -0.416 e. The van der Waals surface area contributed by atoms with Crippen LogP contribution in [0.1, 0.15) is 67.2 Å². The third kappa shape index (κ3) is 4.47. The highest BCUT2D eigenvalue weighted by molar-refractivity contribution is 6.77. The lowest BCUT2D eigenvalue weighted by atomic mass is 9.87. The zero-order valence-corrected chi connectivity index (χ0v) is 15.9. The van der Waals surface area contributed by atoms with E-state index in [1.54, 1.807) is 0 Å². The van der Waals surface area contributed by atoms with E-state index in [9.17, 15) is 0 Å². The van der Waals surface area contributed by atoms with Gasteiger partial charge in [0.2, 0.25) is 0 Å². The van der Waals surface area contributed by atoms with Crippen molar-refractivity contribution in [3.63, 3.8) is 0 Å². The van der Waals surface area contributed by atoms with Gasteiger partial charge < -0.3 is 4.43 Å². The first kappa shape index (κ1) is 18.5. The van der Waals surface area contributed by atoms with Crippen LogP contribution < -0.4 is 0 Å². The molecule has 0 aromatic carbocycles. The van der Waals surface area contributed by atoms with Gasteiger partial charge in [0.05, 0.1) is 0 Å². The van der Waals surface area contributed by atoms with E-state index in [1.165, 1.54) is 18.4 Å². The average Bonchev–Trinajstić information content (AvgIpc) is 2.42. The molecule has 1 rings (SSSR count). The van der Waals surface area contributed by atoms with Gasteiger partial charge in [0.25, 0.3) is 0 Å². The second kappa shape index (κ2) is 8.20. The minimum absolute atomic E-state index is 0.671. The highest BCUT2D eigenvalue weighted by Gasteiger charge is 2.44. The molecule has 0 aromatic heterocycles. The second-order valence-corrected chi connectivity index (χ2v) is 12.9. The van der Waals surface area contributed by atoms with Gasteiger partial charge in [-0.1, -0.05) is 53.5 Å². The largest absolute Gasteiger partial charge is 0.416 e. The van der Waals surface area contributed by atoms with E-state index in [4.69, 9.17) is 10.8 Å². The summed E-state index contributed by atoms with van der Waals surface area (Å²) < 4.78 is 6.65. The summed E-state index contributed by atoms with van der Waals surface area (Å²) in [5, 5.41) is 0. The summed E-state index contributed by atoms with van der Waals surface area (Å²) in [5.74, 6) is 3.55. The van der Waals surface area contributed by atoms with Crippen LogP contribution in [0.5, 0.6) is 0 Å². The molecule has 0 heterocycles. The SMILES string of the molecule is C#CC1=CCC[C@H](CCO[Si](C(C)C)(C(C)C)C(C)C)C1. The van der Waals surface area contributed by atoms with Crippen molar-refractivity contribution < 1.29 is 4.43 Å². The minimum atomic E-state index is -1.69. The Labute approximate surface area is 133 Å². The van der Waals surface area contributed by atoms with E-state index < -0.39 is 8.32 Å². The Balaban J connectivity index is 2.59. The molecule has 1 aliphatic rings. The Kier molecular flexibility index (Phi) is 7.23. The molecule has 120 valence electrons. The van der Waals surface area contributed by atoms with Crippen molar-refractivity contribution >= 4 is 8.32 Å². The van der Waals surface area contributed by atoms with Crippen molar-refractivity contribution in [3.8, 4) is 12.3 Å². The summed E-state index contributed by atoms with van der Waals surface area (Å²) in [7, 11) is -1.69. The Morgan fingerprint density at radius 3 is 2.24 bits per heavy atom. The van der Waals surface area contributed by atoms with Crippen LogP contribution in [0, 0.1) is 18.3 Å². The van der Waals surface area contributed by atoms with Crippen molar-refractivity contribution in [2.24, 2.45) is 5.92 Å². The lowest BCUT2D eigenvalue weighted by Gasteiger charge is -2.42. The molecule has 1 aliphatic carbocycles. The summed E-state index contributed by atoms with van der Waals surface area (Å²) in [6.45, 7) is 15.0. The van der Waals surface area contributed by atoms with Crippen molar-refractivity contribution in [3.05, 3.63) is 11.6 Å². The topological polar surface area (TPSA) is 9.23 Å². The molecule has 2 heteroatoms. The summed E-state index contributed by atoms with van der Waals surface area (Å²) >= 11 is 0. The lowest BCUT2D eigenvalue weighted by Crippen LogP contribution is -2.48. The highest BCUT2D eigenvalue weighted by Crippen LogP contribution is 2.42. The average molecular weight is 307 g/mol. The quantitative estimate of drug-likeness (QED) is 0.418. The third-order valence-corrected chi connectivity index (χ3v) is 11.4. The van der Waals surface area contributed by atoms with Crippen LogP contribution in [0.3, 0.4) is 0 Å². The molecule has 0 bridgehead atoms. The molecule has 0 N–H and O–H groups in total. The van der Waals surface area contributed by atoms with Crippen molar-refractivity contribution in [1.82, 2.24) is 0 Å². The number of allylic oxidation sites excluding steroid dienone is 2. The van der Waals surface area contributed by atoms with Gasteiger partial charge >= 0.3 is 0 Å². The van der Waals surface area contributed by atoms with E-state index in [1.807, 2.05) is 0 Å². The first-order valence-corrected chi connectivity index (χ1v) is 10.8. The number of rotatable bonds is 7. The summed E-state index contributed by atoms with van der Waals surface area (Å²) in [6.07, 6.45) is 12.4. The molecule has 0 unspecified atom stereocenters. The third-order valence-electron chi connectivity index (χ3n) is 5.24. The molecule has 1 nitrogen and oxygen atoms in total. The van der Waals surface area contributed by atoms with E-state index in [2.05, 4.69) is 53.5 Å². The van der Waals surface area contributed by atoms with Crippen molar-refractivity contribution in [1.29, 1.82) is 0 Å². The number of terminal acetylenes is 1. The van der Waals surface area contributed by atoms with E-state index in [0.29, 0.717) is 16.6 Å². The van der Waals surface area contributed by atoms with Gasteiger partial charge in [-0.15, -0.1) is 6.42 Å². The van der Waals surface area contributed by atoms with E-state index >= 15 is 0 Å². The first-order valence-electron chi connectivity index (χ1n) is 8.64. The van der Waals surface area contributed by atoms with Crippen molar-refractivity contribution in [2.75, 3.05) is 6.61 Å². The maximum absolute atomic E-state index is 6.65. The monoisotopic (exact) mass is 306 g/mol. The maximum Gasteiger partial charge on any atom is 0.200 e. The van der Waals surface area contributed by atoms with Gasteiger partial charge in [0, 0.05) is 6.61 Å². The van der Waals surface area contributed by atoms with Gasteiger partial charge in [-0.05, 0) is 53.8 Å². The van der Waals surface area contributed by atoms with Gasteiger partial charge in [0.1, 0.15) is 0 Å². The van der Waals surface area contributed by atoms with Crippen LogP contribution in [-0.4, -0.2) is 14.9 Å². The van der Waals surface area contributed by atoms with Crippen LogP contribution in [-0.2, 0) is 4.43 Å². The fourth-order valence-corrected chi connectivity index (χ4v) is 9.73. The van der Waals surface area contributed by atoms with Crippen LogP contribution in [0.25, 0.3) is 0 Å². The van der Waals surface area contributed by atoms with Crippen molar-refractivity contribution in [2.45, 2.75) is 83.8 Å². The molecule has 0 spiro atoms. The first-order chi connectivity index (χ1) is 9.84. The van der Waals surface area contributed by atoms with E-state index in [-0.39, 0.29) is 0 Å². The summed E-state index contributed by atoms with van der Waals surface area (Å²) in [5.41, 5.74) is 3.21. The normalized spacial score (nSPS) is 20.0.